The van der Waals surface area contributed by atoms with Gasteiger partial charge in [-0.05, 0) is 352 Å². The lowest BCUT2D eigenvalue weighted by molar-refractivity contribution is -0.224. The molecule has 8 aromatic rings. The molecule has 802 valence electrons. The molecule has 0 saturated heterocycles. The number of halogens is 20. The molecule has 6 nitrogen and oxygen atoms in total. The summed E-state index contributed by atoms with van der Waals surface area (Å²) in [4.78, 5) is 24.1. The number of benzene rings is 8. The number of alkyl halides is 4. The van der Waals surface area contributed by atoms with Crippen LogP contribution in [0.25, 0.3) is 11.1 Å². The Balaban J connectivity index is 0.000000167. The van der Waals surface area contributed by atoms with Crippen LogP contribution in [0.1, 0.15) is 351 Å². The maximum absolute atomic E-state index is 14.5. The largest absolute Gasteiger partial charge is 0.432 e. The highest BCUT2D eigenvalue weighted by Crippen LogP contribution is 2.51. The summed E-state index contributed by atoms with van der Waals surface area (Å²) in [5, 5.41) is 0. The maximum Gasteiger partial charge on any atom is 0.432 e. The Hall–Kier alpha value is -9.36. The van der Waals surface area contributed by atoms with Gasteiger partial charge in [0.05, 0.1) is 17.8 Å². The number of aryl methyl sites for hydroxylation is 1. The van der Waals surface area contributed by atoms with Gasteiger partial charge in [-0.2, -0.15) is 17.6 Å². The van der Waals surface area contributed by atoms with Gasteiger partial charge in [0, 0.05) is 36.4 Å². The van der Waals surface area contributed by atoms with Gasteiger partial charge in [0.1, 0.15) is 40.2 Å². The highest BCUT2D eigenvalue weighted by Gasteiger charge is 2.47. The minimum atomic E-state index is -4.62. The van der Waals surface area contributed by atoms with Crippen molar-refractivity contribution >= 4 is 11.9 Å². The summed E-state index contributed by atoms with van der Waals surface area (Å²) in [5.41, 5.74) is 1.68. The fraction of sp³-hybridized carbons (Fsp3) is 0.567. The van der Waals surface area contributed by atoms with Crippen LogP contribution in [0.4, 0.5) is 87.8 Å². The van der Waals surface area contributed by atoms with Gasteiger partial charge in [-0.15, -0.1) is 6.58 Å². The zero-order chi connectivity index (χ0) is 105. The highest BCUT2D eigenvalue weighted by molar-refractivity contribution is 5.76. The number of rotatable bonds is 30. The zero-order valence-electron chi connectivity index (χ0n) is 85.1. The molecule has 0 N–H and O–H groups in total. The summed E-state index contributed by atoms with van der Waals surface area (Å²) in [6.45, 7) is 14.8. The Bertz CT molecular complexity index is 5290. The lowest BCUT2D eigenvalue weighted by Crippen LogP contribution is -2.38. The number of ether oxygens (including phenoxy) is 4. The second-order valence-electron chi connectivity index (χ2n) is 42.2. The molecule has 0 unspecified atom stereocenters. The molecule has 16 rings (SSSR count). The van der Waals surface area contributed by atoms with Crippen LogP contribution in [0.5, 0.6) is 23.0 Å². The van der Waals surface area contributed by atoms with Crippen LogP contribution in [0, 0.1) is 176 Å². The van der Waals surface area contributed by atoms with Crippen molar-refractivity contribution in [3.05, 3.63) is 261 Å². The van der Waals surface area contributed by atoms with Crippen LogP contribution in [-0.4, -0.2) is 18.0 Å². The van der Waals surface area contributed by atoms with E-state index in [0.717, 1.165) is 197 Å². The topological polar surface area (TPSA) is 71.1 Å². The molecule has 0 spiro atoms. The minimum absolute atomic E-state index is 0.0199. The van der Waals surface area contributed by atoms with Gasteiger partial charge >= 0.3 is 24.2 Å². The first-order valence-corrected chi connectivity index (χ1v) is 53.8. The van der Waals surface area contributed by atoms with Crippen LogP contribution in [-0.2, 0) is 22.1 Å². The van der Waals surface area contributed by atoms with E-state index in [9.17, 15) is 97.4 Å². The van der Waals surface area contributed by atoms with Crippen molar-refractivity contribution in [3.63, 3.8) is 0 Å². The van der Waals surface area contributed by atoms with Gasteiger partial charge in [-0.25, -0.2) is 70.2 Å². The van der Waals surface area contributed by atoms with E-state index in [-0.39, 0.29) is 53.0 Å². The molecular weight excluding hydrogens is 1920 g/mol. The van der Waals surface area contributed by atoms with Crippen molar-refractivity contribution in [3.8, 4) is 34.1 Å². The van der Waals surface area contributed by atoms with Gasteiger partial charge in [0.2, 0.25) is 0 Å². The van der Waals surface area contributed by atoms with Crippen molar-refractivity contribution in [2.45, 2.75) is 348 Å². The number of esters is 2. The van der Waals surface area contributed by atoms with Gasteiger partial charge < -0.3 is 18.9 Å². The van der Waals surface area contributed by atoms with Crippen LogP contribution >= 0.6 is 0 Å². The average molecular weight is 2060 g/mol. The van der Waals surface area contributed by atoms with Crippen molar-refractivity contribution in [1.29, 1.82) is 0 Å². The lowest BCUT2D eigenvalue weighted by atomic mass is 9.68. The number of hydrogen-bond acceptors (Lipinski definition) is 6. The third kappa shape index (κ3) is 34.9. The maximum atomic E-state index is 14.5. The Morgan fingerprint density at radius 3 is 0.986 bits per heavy atom. The smallest absolute Gasteiger partial charge is 0.432 e. The molecule has 8 aliphatic rings. The van der Waals surface area contributed by atoms with E-state index in [1.165, 1.54) is 210 Å². The van der Waals surface area contributed by atoms with Crippen molar-refractivity contribution in [2.24, 2.45) is 82.9 Å². The standard InChI is InChI=1S/C22H15F7O.C22H29F5O.C21H30F2.C20H26F2.C18H24F2O2.C17H22F2O2/c1-2-3-12-4-6-13(7-5-12)14-8-16(23)20(17(24)9-14)22(28,29)30-15-10-18(25)21(27)19(26)11-15;1-2-3-14-4-6-15(7-5-14)16-8-10-17(11-9-16)22(26,27)28-18-12-19(23)21(25)20(24)13-18;1-2-3-15-4-6-16(7-5-15)17-8-10-18(11-9-17)19-12-13-20(22)21(23)14-19;1-2-14-3-5-15(6-4-14)16-7-9-17(10-8-16)18-11-12-19(21)20(22)13-18;1-2-3-4-5-13-6-8-14(9-7-13)18(21)22-15-10-11-16(19)17(20)12-15;1-2-3-4-12-5-7-13(8-6-12)17(20)21-14-9-10-15(18)16(19)11-14/h4-11H,2-3H2,1H3;12-17H,2-11H2,1H3;12-18H,2-11H2,1H3;2,11-17H,1,3-10H2;10-14H,2-9H2,1H3;9-13H,2-8H2,1H3. The fourth-order valence-corrected chi connectivity index (χ4v) is 23.7. The van der Waals surface area contributed by atoms with E-state index in [0.29, 0.717) is 66.3 Å². The molecule has 8 aromatic carbocycles. The summed E-state index contributed by atoms with van der Waals surface area (Å²) in [6, 6.07) is 24.6. The fourth-order valence-electron chi connectivity index (χ4n) is 23.7. The first kappa shape index (κ1) is 117. The van der Waals surface area contributed by atoms with E-state index in [4.69, 9.17) is 9.47 Å². The van der Waals surface area contributed by atoms with Crippen molar-refractivity contribution in [2.75, 3.05) is 0 Å². The zero-order valence-corrected chi connectivity index (χ0v) is 85.1. The molecule has 8 fully saturated rings. The van der Waals surface area contributed by atoms with Gasteiger partial charge in [-0.1, -0.05) is 180 Å². The Morgan fingerprint density at radius 2 is 0.630 bits per heavy atom. The molecule has 8 aliphatic carbocycles. The van der Waals surface area contributed by atoms with E-state index in [1.54, 1.807) is 36.4 Å². The normalized spacial score (nSPS) is 24.3. The third-order valence-corrected chi connectivity index (χ3v) is 32.3. The van der Waals surface area contributed by atoms with Gasteiger partial charge in [0.25, 0.3) is 0 Å². The highest BCUT2D eigenvalue weighted by atomic mass is 19.3. The second kappa shape index (κ2) is 57.6. The summed E-state index contributed by atoms with van der Waals surface area (Å²) in [5.74, 6) is -14.3. The molecule has 0 radical (unpaired) electrons. The molecule has 0 bridgehead atoms. The molecule has 0 atom stereocenters. The van der Waals surface area contributed by atoms with E-state index < -0.39 is 128 Å². The summed E-state index contributed by atoms with van der Waals surface area (Å²) < 4.78 is 289. The number of hydrogen-bond donors (Lipinski definition) is 0. The molecule has 146 heavy (non-hydrogen) atoms. The number of allylic oxidation sites excluding steroid dienone is 1. The monoisotopic (exact) mass is 2060 g/mol. The molecular formula is C120H146F20O6. The molecule has 8 saturated carbocycles. The third-order valence-electron chi connectivity index (χ3n) is 32.3. The predicted octanol–water partition coefficient (Wildman–Crippen LogP) is 37.8. The predicted molar refractivity (Wildman–Crippen MR) is 531 cm³/mol. The number of unbranched alkanes of at least 4 members (excludes halogenated alkanes) is 3. The first-order chi connectivity index (χ1) is 69.9. The second-order valence-corrected chi connectivity index (χ2v) is 42.2. The molecule has 0 aliphatic heterocycles. The summed E-state index contributed by atoms with van der Waals surface area (Å²) in [7, 11) is 0. The minimum Gasteiger partial charge on any atom is -0.432 e. The van der Waals surface area contributed by atoms with E-state index >= 15 is 0 Å². The number of carbonyl (C=O) groups is 2. The van der Waals surface area contributed by atoms with E-state index in [1.807, 2.05) is 6.92 Å². The summed E-state index contributed by atoms with van der Waals surface area (Å²) in [6.07, 6.45) is 44.8. The quantitative estimate of drug-likeness (QED) is 0.0112. The van der Waals surface area contributed by atoms with E-state index in [2.05, 4.69) is 49.8 Å². The van der Waals surface area contributed by atoms with Crippen molar-refractivity contribution < 1.29 is 116 Å². The Morgan fingerprint density at radius 1 is 0.301 bits per heavy atom. The Kier molecular flexibility index (Phi) is 46.1. The van der Waals surface area contributed by atoms with Crippen LogP contribution in [0.3, 0.4) is 0 Å². The summed E-state index contributed by atoms with van der Waals surface area (Å²) >= 11 is 0. The van der Waals surface area contributed by atoms with Gasteiger partial charge in [-0.3, -0.25) is 9.59 Å². The van der Waals surface area contributed by atoms with Crippen LogP contribution in [0.15, 0.2) is 146 Å². The average Bonchev–Trinajstić information content (AvgIpc) is 0.775. The molecule has 0 aromatic heterocycles. The number of carbonyl (C=O) groups excluding carboxylic acids is 2. The van der Waals surface area contributed by atoms with Crippen LogP contribution < -0.4 is 18.9 Å². The lowest BCUT2D eigenvalue weighted by Gasteiger charge is -2.39. The molecule has 26 heteroatoms. The molecule has 0 heterocycles. The molecule has 0 amide bonds. The van der Waals surface area contributed by atoms with Gasteiger partial charge in [0.15, 0.2) is 81.4 Å². The SMILES string of the molecule is C=CC1CCC(C2CCC(c3ccc(F)c(F)c3)CC2)CC1.CCCC1CCC(C2CCC(C(F)(F)Oc3cc(F)c(F)c(F)c3)CC2)CC1.CCCC1CCC(C2CCC(c3ccc(F)c(F)c3)CC2)CC1.CCCCC1CCC(C(=O)Oc2ccc(F)c(F)c2)CC1.CCCCCC1CCC(C(=O)Oc2ccc(F)c(F)c2)CC1.CCCc1ccc(-c2cc(F)c(C(F)(F)Oc3cc(F)c(F)c(F)c3)c(F)c2)cc1. The van der Waals surface area contributed by atoms with Crippen LogP contribution in [0.2, 0.25) is 0 Å². The van der Waals surface area contributed by atoms with Crippen molar-refractivity contribution in [1.82, 2.24) is 0 Å². The Labute approximate surface area is 849 Å². The first-order valence-electron chi connectivity index (χ1n) is 53.8.